The first-order valence-corrected chi connectivity index (χ1v) is 9.48. The van der Waals surface area contributed by atoms with Gasteiger partial charge in [0.1, 0.15) is 0 Å². The topological polar surface area (TPSA) is 70.2 Å². The highest BCUT2D eigenvalue weighted by atomic mass is 35.5. The van der Waals surface area contributed by atoms with Crippen LogP contribution in [0.1, 0.15) is 25.8 Å². The van der Waals surface area contributed by atoms with Gasteiger partial charge >= 0.3 is 6.09 Å². The van der Waals surface area contributed by atoms with Gasteiger partial charge in [0.2, 0.25) is 11.8 Å². The average molecular weight is 396 g/mol. The van der Waals surface area contributed by atoms with Gasteiger partial charge in [-0.2, -0.15) is 0 Å². The quantitative estimate of drug-likeness (QED) is 0.741. The van der Waals surface area contributed by atoms with Crippen molar-refractivity contribution in [2.75, 3.05) is 39.3 Å². The molecule has 0 radical (unpaired) electrons. The van der Waals surface area contributed by atoms with Gasteiger partial charge in [-0.05, 0) is 24.6 Å². The molecule has 3 amide bonds. The number of amides is 3. The molecule has 1 aromatic carbocycles. The monoisotopic (exact) mass is 395 g/mol. The van der Waals surface area contributed by atoms with E-state index in [9.17, 15) is 14.4 Å². The number of piperazine rings is 1. The van der Waals surface area contributed by atoms with Crippen LogP contribution in [0.25, 0.3) is 0 Å². The van der Waals surface area contributed by atoms with E-state index in [2.05, 4.69) is 0 Å². The van der Waals surface area contributed by atoms with Crippen molar-refractivity contribution in [2.24, 2.45) is 0 Å². The van der Waals surface area contributed by atoms with E-state index in [1.165, 1.54) is 6.92 Å². The van der Waals surface area contributed by atoms with Crippen molar-refractivity contribution < 1.29 is 19.1 Å². The zero-order valence-electron chi connectivity index (χ0n) is 15.8. The number of halogens is 1. The van der Waals surface area contributed by atoms with E-state index in [1.807, 2.05) is 12.1 Å². The van der Waals surface area contributed by atoms with Crippen LogP contribution in [0.4, 0.5) is 4.79 Å². The smallest absolute Gasteiger partial charge is 0.409 e. The molecule has 1 fully saturated rings. The van der Waals surface area contributed by atoms with Gasteiger partial charge in [-0.25, -0.2) is 4.79 Å². The Bertz CT molecular complexity index is 657. The van der Waals surface area contributed by atoms with Gasteiger partial charge in [-0.1, -0.05) is 23.7 Å². The lowest BCUT2D eigenvalue weighted by molar-refractivity contribution is -0.134. The fourth-order valence-electron chi connectivity index (χ4n) is 2.90. The minimum Gasteiger partial charge on any atom is -0.450 e. The Labute approximate surface area is 164 Å². The van der Waals surface area contributed by atoms with E-state index in [-0.39, 0.29) is 24.3 Å². The van der Waals surface area contributed by atoms with Crippen LogP contribution < -0.4 is 0 Å². The van der Waals surface area contributed by atoms with Crippen molar-refractivity contribution >= 4 is 29.5 Å². The Morgan fingerprint density at radius 2 is 1.67 bits per heavy atom. The number of carbonyl (C=O) groups is 3. The molecule has 1 aliphatic rings. The summed E-state index contributed by atoms with van der Waals surface area (Å²) in [5.41, 5.74) is 0.963. The van der Waals surface area contributed by atoms with Gasteiger partial charge in [-0.15, -0.1) is 0 Å². The molecule has 0 atom stereocenters. The van der Waals surface area contributed by atoms with Crippen molar-refractivity contribution in [2.45, 2.75) is 26.8 Å². The van der Waals surface area contributed by atoms with Crippen molar-refractivity contribution in [1.82, 2.24) is 14.7 Å². The lowest BCUT2D eigenvalue weighted by Gasteiger charge is -2.34. The predicted molar refractivity (Wildman–Crippen MR) is 102 cm³/mol. The Kier molecular flexibility index (Phi) is 7.91. The van der Waals surface area contributed by atoms with E-state index < -0.39 is 0 Å². The lowest BCUT2D eigenvalue weighted by Crippen LogP contribution is -2.51. The maximum absolute atomic E-state index is 12.5. The molecule has 1 saturated heterocycles. The molecular weight excluding hydrogens is 370 g/mol. The minimum atomic E-state index is -0.338. The second kappa shape index (κ2) is 10.2. The molecule has 148 valence electrons. The molecule has 27 heavy (non-hydrogen) atoms. The fraction of sp³-hybridized carbons (Fsp3) is 0.526. The van der Waals surface area contributed by atoms with E-state index in [4.69, 9.17) is 16.3 Å². The third kappa shape index (κ3) is 6.43. The molecule has 1 aromatic rings. The largest absolute Gasteiger partial charge is 0.450 e. The van der Waals surface area contributed by atoms with Crippen molar-refractivity contribution in [3.8, 4) is 0 Å². The van der Waals surface area contributed by atoms with E-state index in [0.717, 1.165) is 5.56 Å². The predicted octanol–water partition coefficient (Wildman–Crippen LogP) is 2.38. The highest BCUT2D eigenvalue weighted by Crippen LogP contribution is 2.13. The summed E-state index contributed by atoms with van der Waals surface area (Å²) in [5.74, 6) is -0.0919. The van der Waals surface area contributed by atoms with Gasteiger partial charge in [0.05, 0.1) is 6.61 Å². The molecule has 1 heterocycles. The van der Waals surface area contributed by atoms with Gasteiger partial charge in [0.15, 0.2) is 0 Å². The number of nitrogens with zero attached hydrogens (tertiary/aromatic N) is 3. The standard InChI is InChI=1S/C19H26ClN3O4/c1-3-27-19(26)22-12-10-21(11-13-22)18(25)8-9-23(15(2)24)14-16-4-6-17(20)7-5-16/h4-7H,3,8-14H2,1-2H3. The molecule has 2 rings (SSSR count). The molecule has 7 nitrogen and oxygen atoms in total. The molecule has 0 bridgehead atoms. The fourth-order valence-corrected chi connectivity index (χ4v) is 3.03. The SMILES string of the molecule is CCOC(=O)N1CCN(C(=O)CCN(Cc2ccc(Cl)cc2)C(C)=O)CC1. The number of hydrogen-bond acceptors (Lipinski definition) is 4. The van der Waals surface area contributed by atoms with Crippen LogP contribution >= 0.6 is 11.6 Å². The summed E-state index contributed by atoms with van der Waals surface area (Å²) < 4.78 is 4.98. The molecule has 0 unspecified atom stereocenters. The Hall–Kier alpha value is -2.28. The zero-order chi connectivity index (χ0) is 19.8. The van der Waals surface area contributed by atoms with Crippen LogP contribution in [0.5, 0.6) is 0 Å². The number of rotatable bonds is 6. The molecular formula is C19H26ClN3O4. The maximum atomic E-state index is 12.5. The van der Waals surface area contributed by atoms with Crippen LogP contribution in [-0.2, 0) is 20.9 Å². The van der Waals surface area contributed by atoms with E-state index >= 15 is 0 Å². The van der Waals surface area contributed by atoms with E-state index in [0.29, 0.717) is 50.9 Å². The average Bonchev–Trinajstić information content (AvgIpc) is 2.66. The minimum absolute atomic E-state index is 0.0131. The van der Waals surface area contributed by atoms with Gasteiger partial charge in [0.25, 0.3) is 0 Å². The van der Waals surface area contributed by atoms with Crippen molar-refractivity contribution in [1.29, 1.82) is 0 Å². The second-order valence-electron chi connectivity index (χ2n) is 6.38. The van der Waals surface area contributed by atoms with Crippen LogP contribution in [0.3, 0.4) is 0 Å². The van der Waals surface area contributed by atoms with Crippen LogP contribution in [0.15, 0.2) is 24.3 Å². The molecule has 0 N–H and O–H groups in total. The highest BCUT2D eigenvalue weighted by Gasteiger charge is 2.25. The van der Waals surface area contributed by atoms with Gasteiger partial charge < -0.3 is 19.4 Å². The van der Waals surface area contributed by atoms with Gasteiger partial charge in [-0.3, -0.25) is 9.59 Å². The summed E-state index contributed by atoms with van der Waals surface area (Å²) in [6.45, 7) is 6.29. The van der Waals surface area contributed by atoms with E-state index in [1.54, 1.807) is 33.8 Å². The molecule has 1 aliphatic heterocycles. The normalized spacial score (nSPS) is 14.0. The third-order valence-electron chi connectivity index (χ3n) is 4.49. The lowest BCUT2D eigenvalue weighted by atomic mass is 10.2. The Balaban J connectivity index is 1.81. The summed E-state index contributed by atoms with van der Waals surface area (Å²) in [4.78, 5) is 41.1. The number of carbonyl (C=O) groups excluding carboxylic acids is 3. The highest BCUT2D eigenvalue weighted by molar-refractivity contribution is 6.30. The molecule has 0 spiro atoms. The number of benzene rings is 1. The number of ether oxygens (including phenoxy) is 1. The first kappa shape index (κ1) is 21.0. The van der Waals surface area contributed by atoms with Crippen molar-refractivity contribution in [3.05, 3.63) is 34.9 Å². The second-order valence-corrected chi connectivity index (χ2v) is 6.82. The maximum Gasteiger partial charge on any atom is 0.409 e. The first-order valence-electron chi connectivity index (χ1n) is 9.10. The molecule has 0 aliphatic carbocycles. The number of hydrogen-bond donors (Lipinski definition) is 0. The summed E-state index contributed by atoms with van der Waals surface area (Å²) >= 11 is 5.88. The molecule has 0 aromatic heterocycles. The third-order valence-corrected chi connectivity index (χ3v) is 4.74. The summed E-state index contributed by atoms with van der Waals surface area (Å²) in [6, 6.07) is 7.30. The van der Waals surface area contributed by atoms with Gasteiger partial charge in [0, 0.05) is 57.6 Å². The summed E-state index contributed by atoms with van der Waals surface area (Å²) in [5, 5.41) is 0.644. The van der Waals surface area contributed by atoms with Crippen LogP contribution in [0, 0.1) is 0 Å². The Morgan fingerprint density at radius 1 is 1.07 bits per heavy atom. The molecule has 8 heteroatoms. The summed E-state index contributed by atoms with van der Waals surface area (Å²) in [6.07, 6.45) is -0.0811. The van der Waals surface area contributed by atoms with Crippen LogP contribution in [-0.4, -0.2) is 71.9 Å². The Morgan fingerprint density at radius 3 is 2.22 bits per heavy atom. The van der Waals surface area contributed by atoms with Crippen molar-refractivity contribution in [3.63, 3.8) is 0 Å². The zero-order valence-corrected chi connectivity index (χ0v) is 16.6. The first-order chi connectivity index (χ1) is 12.9. The molecule has 0 saturated carbocycles. The summed E-state index contributed by atoms with van der Waals surface area (Å²) in [7, 11) is 0. The van der Waals surface area contributed by atoms with Crippen LogP contribution in [0.2, 0.25) is 5.02 Å².